The lowest BCUT2D eigenvalue weighted by molar-refractivity contribution is 0.290. The van der Waals surface area contributed by atoms with Gasteiger partial charge in [0.15, 0.2) is 0 Å². The highest BCUT2D eigenvalue weighted by atomic mass is 35.5. The molecule has 0 bridgehead atoms. The summed E-state index contributed by atoms with van der Waals surface area (Å²) in [5.41, 5.74) is 4.29. The number of rotatable bonds is 5. The van der Waals surface area contributed by atoms with E-state index in [4.69, 9.17) is 16.3 Å². The Kier molecular flexibility index (Phi) is 4.71. The minimum absolute atomic E-state index is 0.448. The third-order valence-electron chi connectivity index (χ3n) is 3.61. The first-order valence-corrected chi connectivity index (χ1v) is 7.39. The topological polar surface area (TPSA) is 27.1 Å². The summed E-state index contributed by atoms with van der Waals surface area (Å²) in [6.45, 7) is 9.52. The maximum Gasteiger partial charge on any atom is 0.131 e. The maximum absolute atomic E-state index is 6.38. The Bertz CT molecular complexity index is 605. The zero-order valence-electron chi connectivity index (χ0n) is 12.5. The van der Waals surface area contributed by atoms with Crippen LogP contribution in [0.3, 0.4) is 0 Å². The summed E-state index contributed by atoms with van der Waals surface area (Å²) in [5, 5.41) is 5.24. The second kappa shape index (κ2) is 6.31. The van der Waals surface area contributed by atoms with E-state index in [-0.39, 0.29) is 0 Å². The van der Waals surface area contributed by atoms with Crippen molar-refractivity contribution in [1.82, 2.24) is 9.78 Å². The predicted molar refractivity (Wildman–Crippen MR) is 82.5 cm³/mol. The SMILES string of the molecule is CCc1nn(CC)c(COc2cccc(C)c2C)c1Cl. The van der Waals surface area contributed by atoms with Crippen LogP contribution in [0.5, 0.6) is 5.75 Å². The molecule has 0 fully saturated rings. The summed E-state index contributed by atoms with van der Waals surface area (Å²) in [5.74, 6) is 0.906. The first-order chi connectivity index (χ1) is 9.58. The van der Waals surface area contributed by atoms with Crippen molar-refractivity contribution in [1.29, 1.82) is 0 Å². The number of benzene rings is 1. The number of aromatic nitrogens is 2. The molecular formula is C16H21ClN2O. The van der Waals surface area contributed by atoms with Crippen LogP contribution in [0.25, 0.3) is 0 Å². The van der Waals surface area contributed by atoms with Crippen molar-refractivity contribution in [3.05, 3.63) is 45.7 Å². The molecule has 3 nitrogen and oxygen atoms in total. The molecule has 108 valence electrons. The summed E-state index contributed by atoms with van der Waals surface area (Å²) in [4.78, 5) is 0. The van der Waals surface area contributed by atoms with Crippen LogP contribution in [0.1, 0.15) is 36.4 Å². The molecule has 0 saturated carbocycles. The molecule has 0 unspecified atom stereocenters. The zero-order chi connectivity index (χ0) is 14.7. The third kappa shape index (κ3) is 2.83. The smallest absolute Gasteiger partial charge is 0.131 e. The molecule has 0 spiro atoms. The molecule has 1 heterocycles. The van der Waals surface area contributed by atoms with Gasteiger partial charge in [0, 0.05) is 6.54 Å². The number of halogens is 1. The summed E-state index contributed by atoms with van der Waals surface area (Å²) in [7, 11) is 0. The van der Waals surface area contributed by atoms with Crippen LogP contribution >= 0.6 is 11.6 Å². The number of aryl methyl sites for hydroxylation is 3. The lowest BCUT2D eigenvalue weighted by atomic mass is 10.1. The molecule has 0 amide bonds. The fourth-order valence-electron chi connectivity index (χ4n) is 2.18. The molecular weight excluding hydrogens is 272 g/mol. The van der Waals surface area contributed by atoms with Gasteiger partial charge in [-0.15, -0.1) is 0 Å². The van der Waals surface area contributed by atoms with Gasteiger partial charge in [-0.05, 0) is 44.4 Å². The van der Waals surface area contributed by atoms with Gasteiger partial charge >= 0.3 is 0 Å². The van der Waals surface area contributed by atoms with E-state index in [0.717, 1.165) is 35.1 Å². The van der Waals surface area contributed by atoms with Crippen molar-refractivity contribution in [2.24, 2.45) is 0 Å². The molecule has 2 rings (SSSR count). The number of nitrogens with zero attached hydrogens (tertiary/aromatic N) is 2. The summed E-state index contributed by atoms with van der Waals surface area (Å²) in [6.07, 6.45) is 0.836. The van der Waals surface area contributed by atoms with Gasteiger partial charge in [0.25, 0.3) is 0 Å². The normalized spacial score (nSPS) is 10.8. The van der Waals surface area contributed by atoms with Gasteiger partial charge in [-0.3, -0.25) is 4.68 Å². The highest BCUT2D eigenvalue weighted by Gasteiger charge is 2.15. The average molecular weight is 293 g/mol. The van der Waals surface area contributed by atoms with Crippen molar-refractivity contribution in [3.8, 4) is 5.75 Å². The minimum atomic E-state index is 0.448. The Hall–Kier alpha value is -1.48. The molecule has 0 aliphatic carbocycles. The van der Waals surface area contributed by atoms with Crippen LogP contribution in [-0.4, -0.2) is 9.78 Å². The molecule has 0 atom stereocenters. The third-order valence-corrected chi connectivity index (χ3v) is 4.05. The van der Waals surface area contributed by atoms with Gasteiger partial charge in [-0.2, -0.15) is 5.10 Å². The predicted octanol–water partition coefficient (Wildman–Crippen LogP) is 4.31. The summed E-state index contributed by atoms with van der Waals surface area (Å²) >= 11 is 6.38. The number of ether oxygens (including phenoxy) is 1. The number of hydrogen-bond donors (Lipinski definition) is 0. The van der Waals surface area contributed by atoms with Crippen molar-refractivity contribution >= 4 is 11.6 Å². The molecule has 0 aliphatic rings. The van der Waals surface area contributed by atoms with E-state index in [0.29, 0.717) is 6.61 Å². The van der Waals surface area contributed by atoms with E-state index < -0.39 is 0 Å². The molecule has 0 radical (unpaired) electrons. The Labute approximate surface area is 125 Å². The van der Waals surface area contributed by atoms with Gasteiger partial charge in [0.2, 0.25) is 0 Å². The van der Waals surface area contributed by atoms with Crippen molar-refractivity contribution < 1.29 is 4.74 Å². The Morgan fingerprint density at radius 1 is 1.25 bits per heavy atom. The standard InChI is InChI=1S/C16H21ClN2O/c1-5-13-16(17)14(19(6-2)18-13)10-20-15-9-7-8-11(3)12(15)4/h7-9H,5-6,10H2,1-4H3. The van der Waals surface area contributed by atoms with Crippen LogP contribution in [0.15, 0.2) is 18.2 Å². The second-order valence-electron chi connectivity index (χ2n) is 4.86. The van der Waals surface area contributed by atoms with E-state index >= 15 is 0 Å². The van der Waals surface area contributed by atoms with Crippen LogP contribution in [0.4, 0.5) is 0 Å². The van der Waals surface area contributed by atoms with E-state index in [1.54, 1.807) is 0 Å². The van der Waals surface area contributed by atoms with Gasteiger partial charge in [-0.1, -0.05) is 30.7 Å². The summed E-state index contributed by atoms with van der Waals surface area (Å²) < 4.78 is 7.86. The van der Waals surface area contributed by atoms with E-state index in [1.165, 1.54) is 11.1 Å². The van der Waals surface area contributed by atoms with Crippen LogP contribution in [0, 0.1) is 13.8 Å². The Morgan fingerprint density at radius 3 is 2.65 bits per heavy atom. The van der Waals surface area contributed by atoms with Gasteiger partial charge in [0.05, 0.1) is 16.4 Å². The molecule has 2 aromatic rings. The van der Waals surface area contributed by atoms with Gasteiger partial charge < -0.3 is 4.74 Å². The van der Waals surface area contributed by atoms with Gasteiger partial charge in [-0.25, -0.2) is 0 Å². The molecule has 20 heavy (non-hydrogen) atoms. The fraction of sp³-hybridized carbons (Fsp3) is 0.438. The zero-order valence-corrected chi connectivity index (χ0v) is 13.3. The van der Waals surface area contributed by atoms with Crippen molar-refractivity contribution in [3.63, 3.8) is 0 Å². The van der Waals surface area contributed by atoms with Crippen molar-refractivity contribution in [2.45, 2.75) is 47.3 Å². The van der Waals surface area contributed by atoms with E-state index in [9.17, 15) is 0 Å². The highest BCUT2D eigenvalue weighted by molar-refractivity contribution is 6.31. The first kappa shape index (κ1) is 14.9. The maximum atomic E-state index is 6.38. The van der Waals surface area contributed by atoms with Gasteiger partial charge in [0.1, 0.15) is 12.4 Å². The van der Waals surface area contributed by atoms with Crippen LogP contribution in [-0.2, 0) is 19.6 Å². The Morgan fingerprint density at radius 2 is 2.00 bits per heavy atom. The molecule has 1 aromatic heterocycles. The molecule has 0 N–H and O–H groups in total. The molecule has 4 heteroatoms. The lowest BCUT2D eigenvalue weighted by Gasteiger charge is -2.12. The fourth-order valence-corrected chi connectivity index (χ4v) is 2.51. The number of hydrogen-bond acceptors (Lipinski definition) is 2. The molecule has 0 saturated heterocycles. The van der Waals surface area contributed by atoms with Crippen molar-refractivity contribution in [2.75, 3.05) is 0 Å². The second-order valence-corrected chi connectivity index (χ2v) is 5.24. The molecule has 0 aliphatic heterocycles. The minimum Gasteiger partial charge on any atom is -0.487 e. The highest BCUT2D eigenvalue weighted by Crippen LogP contribution is 2.25. The Balaban J connectivity index is 2.22. The average Bonchev–Trinajstić information content (AvgIpc) is 2.76. The van der Waals surface area contributed by atoms with Crippen LogP contribution in [0.2, 0.25) is 5.02 Å². The van der Waals surface area contributed by atoms with E-state index in [1.807, 2.05) is 16.8 Å². The lowest BCUT2D eigenvalue weighted by Crippen LogP contribution is -2.07. The quantitative estimate of drug-likeness (QED) is 0.821. The van der Waals surface area contributed by atoms with Crippen LogP contribution < -0.4 is 4.74 Å². The first-order valence-electron chi connectivity index (χ1n) is 7.01. The van der Waals surface area contributed by atoms with E-state index in [2.05, 4.69) is 38.9 Å². The largest absolute Gasteiger partial charge is 0.487 e. The summed E-state index contributed by atoms with van der Waals surface area (Å²) in [6, 6.07) is 6.08. The monoisotopic (exact) mass is 292 g/mol. The molecule has 1 aromatic carbocycles.